The Morgan fingerprint density at radius 3 is 2.65 bits per heavy atom. The fourth-order valence-corrected chi connectivity index (χ4v) is 1.92. The number of aromatic amines is 1. The largest absolute Gasteiger partial charge is 0.334 e. The second kappa shape index (κ2) is 5.81. The van der Waals surface area contributed by atoms with Crippen LogP contribution in [0.5, 0.6) is 0 Å². The minimum absolute atomic E-state index is 0.191. The Bertz CT molecular complexity index is 625. The van der Waals surface area contributed by atoms with Gasteiger partial charge >= 0.3 is 0 Å². The maximum Gasteiger partial charge on any atom is 0.257 e. The maximum absolute atomic E-state index is 13.2. The van der Waals surface area contributed by atoms with Crippen LogP contribution in [0.25, 0.3) is 0 Å². The van der Waals surface area contributed by atoms with E-state index < -0.39 is 11.6 Å². The van der Waals surface area contributed by atoms with E-state index in [1.807, 2.05) is 6.92 Å². The number of carbonyl (C=O) groups is 1. The van der Waals surface area contributed by atoms with Gasteiger partial charge in [0.15, 0.2) is 11.6 Å². The predicted molar refractivity (Wildman–Crippen MR) is 70.1 cm³/mol. The molecule has 106 valence electrons. The first kappa shape index (κ1) is 14.2. The van der Waals surface area contributed by atoms with E-state index in [9.17, 15) is 13.6 Å². The first-order valence-electron chi connectivity index (χ1n) is 6.26. The van der Waals surface area contributed by atoms with Gasteiger partial charge in [0, 0.05) is 18.8 Å². The number of hydrogen-bond donors (Lipinski definition) is 1. The molecular formula is C14H15F2N3O. The second-order valence-corrected chi connectivity index (χ2v) is 4.48. The molecular weight excluding hydrogens is 264 g/mol. The smallest absolute Gasteiger partial charge is 0.257 e. The van der Waals surface area contributed by atoms with Crippen LogP contribution in [0.4, 0.5) is 8.78 Å². The number of rotatable bonds is 4. The normalized spacial score (nSPS) is 10.6. The predicted octanol–water partition coefficient (Wildman–Crippen LogP) is 2.66. The van der Waals surface area contributed by atoms with Crippen molar-refractivity contribution in [2.24, 2.45) is 0 Å². The summed E-state index contributed by atoms with van der Waals surface area (Å²) < 4.78 is 26.1. The van der Waals surface area contributed by atoms with Gasteiger partial charge in [-0.05, 0) is 31.5 Å². The number of aromatic nitrogens is 2. The fourth-order valence-electron chi connectivity index (χ4n) is 1.92. The van der Waals surface area contributed by atoms with Gasteiger partial charge in [0.2, 0.25) is 0 Å². The van der Waals surface area contributed by atoms with Crippen molar-refractivity contribution in [3.05, 3.63) is 52.9 Å². The van der Waals surface area contributed by atoms with Gasteiger partial charge in [-0.25, -0.2) is 8.78 Å². The number of nitrogens with one attached hydrogen (secondary N) is 1. The van der Waals surface area contributed by atoms with E-state index in [0.29, 0.717) is 23.4 Å². The van der Waals surface area contributed by atoms with Crippen LogP contribution in [-0.2, 0) is 6.54 Å². The number of H-pyrrole nitrogens is 1. The van der Waals surface area contributed by atoms with Gasteiger partial charge in [0.1, 0.15) is 0 Å². The Hall–Kier alpha value is -2.24. The summed E-state index contributed by atoms with van der Waals surface area (Å²) in [6, 6.07) is 3.64. The monoisotopic (exact) mass is 279 g/mol. The van der Waals surface area contributed by atoms with Crippen molar-refractivity contribution >= 4 is 5.91 Å². The van der Waals surface area contributed by atoms with Gasteiger partial charge in [-0.1, -0.05) is 6.07 Å². The van der Waals surface area contributed by atoms with Crippen LogP contribution < -0.4 is 0 Å². The minimum atomic E-state index is -0.912. The number of carbonyl (C=O) groups excluding carboxylic acids is 1. The van der Waals surface area contributed by atoms with Crippen LogP contribution in [0.1, 0.15) is 28.5 Å². The summed E-state index contributed by atoms with van der Waals surface area (Å²) in [6.45, 7) is 4.26. The standard InChI is InChI=1S/C14H15F2N3O/c1-3-19(14(20)11-7-17-18-9(11)2)8-10-4-5-12(15)13(16)6-10/h4-7H,3,8H2,1-2H3,(H,17,18). The number of aryl methyl sites for hydroxylation is 1. The Labute approximate surface area is 115 Å². The molecule has 0 saturated heterocycles. The van der Waals surface area contributed by atoms with Crippen LogP contribution in [0.15, 0.2) is 24.4 Å². The van der Waals surface area contributed by atoms with Crippen molar-refractivity contribution in [2.45, 2.75) is 20.4 Å². The third kappa shape index (κ3) is 2.84. The molecule has 0 bridgehead atoms. The number of halogens is 2. The lowest BCUT2D eigenvalue weighted by Gasteiger charge is -2.20. The number of hydrogen-bond acceptors (Lipinski definition) is 2. The summed E-state index contributed by atoms with van der Waals surface area (Å²) >= 11 is 0. The quantitative estimate of drug-likeness (QED) is 0.935. The summed E-state index contributed by atoms with van der Waals surface area (Å²) in [6.07, 6.45) is 1.46. The van der Waals surface area contributed by atoms with Crippen molar-refractivity contribution in [2.75, 3.05) is 6.54 Å². The highest BCUT2D eigenvalue weighted by Crippen LogP contribution is 2.14. The highest BCUT2D eigenvalue weighted by atomic mass is 19.2. The molecule has 0 atom stereocenters. The molecule has 20 heavy (non-hydrogen) atoms. The lowest BCUT2D eigenvalue weighted by molar-refractivity contribution is 0.0751. The highest BCUT2D eigenvalue weighted by molar-refractivity contribution is 5.94. The van der Waals surface area contributed by atoms with E-state index >= 15 is 0 Å². The lowest BCUT2D eigenvalue weighted by atomic mass is 10.1. The maximum atomic E-state index is 13.2. The fraction of sp³-hybridized carbons (Fsp3) is 0.286. The van der Waals surface area contributed by atoms with Gasteiger partial charge in [-0.15, -0.1) is 0 Å². The molecule has 4 nitrogen and oxygen atoms in total. The Kier molecular flexibility index (Phi) is 4.12. The summed E-state index contributed by atoms with van der Waals surface area (Å²) in [7, 11) is 0. The van der Waals surface area contributed by atoms with E-state index in [2.05, 4.69) is 10.2 Å². The van der Waals surface area contributed by atoms with E-state index in [1.165, 1.54) is 12.3 Å². The van der Waals surface area contributed by atoms with Crippen LogP contribution in [0, 0.1) is 18.6 Å². The van der Waals surface area contributed by atoms with E-state index in [-0.39, 0.29) is 12.5 Å². The van der Waals surface area contributed by atoms with Crippen LogP contribution in [-0.4, -0.2) is 27.5 Å². The first-order chi connectivity index (χ1) is 9.52. The van der Waals surface area contributed by atoms with Crippen molar-refractivity contribution in [1.29, 1.82) is 0 Å². The molecule has 1 heterocycles. The topological polar surface area (TPSA) is 49.0 Å². The van der Waals surface area contributed by atoms with E-state index in [0.717, 1.165) is 12.1 Å². The highest BCUT2D eigenvalue weighted by Gasteiger charge is 2.18. The molecule has 0 aliphatic heterocycles. The third-order valence-corrected chi connectivity index (χ3v) is 3.09. The molecule has 0 spiro atoms. The molecule has 0 unspecified atom stereocenters. The van der Waals surface area contributed by atoms with E-state index in [4.69, 9.17) is 0 Å². The van der Waals surface area contributed by atoms with Crippen molar-refractivity contribution in [1.82, 2.24) is 15.1 Å². The second-order valence-electron chi connectivity index (χ2n) is 4.48. The molecule has 0 fully saturated rings. The Balaban J connectivity index is 2.18. The minimum Gasteiger partial charge on any atom is -0.334 e. The van der Waals surface area contributed by atoms with Gasteiger partial charge in [0.05, 0.1) is 11.8 Å². The van der Waals surface area contributed by atoms with Gasteiger partial charge in [-0.2, -0.15) is 5.10 Å². The Morgan fingerprint density at radius 1 is 1.35 bits per heavy atom. The molecule has 1 aromatic heterocycles. The lowest BCUT2D eigenvalue weighted by Crippen LogP contribution is -2.30. The summed E-state index contributed by atoms with van der Waals surface area (Å²) in [5.41, 5.74) is 1.70. The number of nitrogens with zero attached hydrogens (tertiary/aromatic N) is 2. The Morgan fingerprint density at radius 2 is 2.10 bits per heavy atom. The zero-order valence-electron chi connectivity index (χ0n) is 11.3. The van der Waals surface area contributed by atoms with Crippen LogP contribution >= 0.6 is 0 Å². The zero-order valence-corrected chi connectivity index (χ0v) is 11.3. The van der Waals surface area contributed by atoms with Gasteiger partial charge in [-0.3, -0.25) is 9.89 Å². The molecule has 0 aliphatic rings. The number of amides is 1. The summed E-state index contributed by atoms with van der Waals surface area (Å²) in [5.74, 6) is -2.00. The molecule has 0 saturated carbocycles. The molecule has 1 aromatic carbocycles. The molecule has 2 rings (SSSR count). The zero-order chi connectivity index (χ0) is 14.7. The molecule has 6 heteroatoms. The van der Waals surface area contributed by atoms with Crippen LogP contribution in [0.3, 0.4) is 0 Å². The molecule has 0 radical (unpaired) electrons. The summed E-state index contributed by atoms with van der Waals surface area (Å²) in [5, 5.41) is 6.51. The first-order valence-corrected chi connectivity index (χ1v) is 6.26. The molecule has 2 aromatic rings. The molecule has 1 N–H and O–H groups in total. The SMILES string of the molecule is CCN(Cc1ccc(F)c(F)c1)C(=O)c1cn[nH]c1C. The van der Waals surface area contributed by atoms with Crippen molar-refractivity contribution in [3.63, 3.8) is 0 Å². The van der Waals surface area contributed by atoms with Gasteiger partial charge in [0.25, 0.3) is 5.91 Å². The molecule has 1 amide bonds. The summed E-state index contributed by atoms with van der Waals surface area (Å²) in [4.78, 5) is 13.9. The third-order valence-electron chi connectivity index (χ3n) is 3.09. The van der Waals surface area contributed by atoms with Crippen LogP contribution in [0.2, 0.25) is 0 Å². The molecule has 0 aliphatic carbocycles. The average Bonchev–Trinajstić information content (AvgIpc) is 2.85. The van der Waals surface area contributed by atoms with Crippen molar-refractivity contribution < 1.29 is 13.6 Å². The van der Waals surface area contributed by atoms with Crippen molar-refractivity contribution in [3.8, 4) is 0 Å². The number of benzene rings is 1. The average molecular weight is 279 g/mol. The van der Waals surface area contributed by atoms with E-state index in [1.54, 1.807) is 11.8 Å². The van der Waals surface area contributed by atoms with Gasteiger partial charge < -0.3 is 4.90 Å².